The summed E-state index contributed by atoms with van der Waals surface area (Å²) < 4.78 is 16.9. The van der Waals surface area contributed by atoms with Gasteiger partial charge in [-0.05, 0) is 56.3 Å². The summed E-state index contributed by atoms with van der Waals surface area (Å²) in [5.41, 5.74) is -0.884. The molecule has 0 bridgehead atoms. The molecule has 0 spiro atoms. The van der Waals surface area contributed by atoms with E-state index in [0.717, 1.165) is 18.4 Å². The maximum atomic E-state index is 12.8. The lowest BCUT2D eigenvalue weighted by molar-refractivity contribution is 0.0513. The van der Waals surface area contributed by atoms with Crippen molar-refractivity contribution in [2.75, 3.05) is 26.3 Å². The lowest BCUT2D eigenvalue weighted by atomic mass is 9.73. The Morgan fingerprint density at radius 1 is 1.10 bits per heavy atom. The van der Waals surface area contributed by atoms with Crippen LogP contribution in [0.1, 0.15) is 81.7 Å². The topological polar surface area (TPSA) is 131 Å². The van der Waals surface area contributed by atoms with Crippen LogP contribution in [0.3, 0.4) is 0 Å². The third-order valence-electron chi connectivity index (χ3n) is 8.37. The van der Waals surface area contributed by atoms with Gasteiger partial charge in [0.05, 0.1) is 6.61 Å². The first-order valence-corrected chi connectivity index (χ1v) is 17.3. The number of nitrogens with one attached hydrogen (secondary N) is 1. The first-order chi connectivity index (χ1) is 19.3. The number of carbonyl (C=O) groups is 2. The number of unbranched alkanes of at least 4 members (excludes halogenated alkanes) is 1. The highest BCUT2D eigenvalue weighted by Gasteiger charge is 2.41. The fraction of sp³-hybridized carbons (Fsp3) is 0.600. The van der Waals surface area contributed by atoms with E-state index >= 15 is 0 Å². The van der Waals surface area contributed by atoms with Crippen molar-refractivity contribution in [3.63, 3.8) is 0 Å². The number of carbonyl (C=O) groups excluding carboxylic acids is 2. The van der Waals surface area contributed by atoms with Crippen molar-refractivity contribution >= 4 is 20.4 Å². The molecule has 1 saturated heterocycles. The summed E-state index contributed by atoms with van der Waals surface area (Å²) in [6, 6.07) is 9.50. The highest BCUT2D eigenvalue weighted by atomic mass is 28.4. The Bertz CT molecular complexity index is 1230. The van der Waals surface area contributed by atoms with Crippen molar-refractivity contribution < 1.29 is 28.6 Å². The van der Waals surface area contributed by atoms with Gasteiger partial charge in [0, 0.05) is 25.1 Å². The fourth-order valence-corrected chi connectivity index (χ4v) is 5.79. The smallest absolute Gasteiger partial charge is 0.410 e. The van der Waals surface area contributed by atoms with Gasteiger partial charge in [-0.3, -0.25) is 4.79 Å². The van der Waals surface area contributed by atoms with Crippen LogP contribution < -0.4 is 5.56 Å². The summed E-state index contributed by atoms with van der Waals surface area (Å²) >= 11 is 0. The first kappa shape index (κ1) is 32.3. The van der Waals surface area contributed by atoms with Crippen molar-refractivity contribution in [3.8, 4) is 5.75 Å². The van der Waals surface area contributed by atoms with Crippen LogP contribution in [0.25, 0.3) is 0 Å². The monoisotopic (exact) mass is 587 g/mol. The lowest BCUT2D eigenvalue weighted by Gasteiger charge is -2.41. The number of benzene rings is 1. The lowest BCUT2D eigenvalue weighted by Crippen LogP contribution is -2.47. The summed E-state index contributed by atoms with van der Waals surface area (Å²) in [5, 5.41) is 10.4. The van der Waals surface area contributed by atoms with Crippen LogP contribution in [-0.4, -0.2) is 66.7 Å². The number of esters is 1. The van der Waals surface area contributed by atoms with Gasteiger partial charge in [0.2, 0.25) is 5.75 Å². The standard InChI is InChI=1S/C30H45N3O7Si/c1-7-38-26(36)23-24(34)25(35)32-27(31-23)30(15-11-12-20-40-41(5,6)29(2,3)4)16-18-33(19-17-30)28(37)39-21-22-13-9-8-10-14-22/h8-10,13-14,34H,7,11-12,15-21H2,1-6H3,(H,31,32,35). The molecule has 1 aliphatic heterocycles. The van der Waals surface area contributed by atoms with Crippen LogP contribution in [-0.2, 0) is 25.9 Å². The maximum Gasteiger partial charge on any atom is 0.410 e. The van der Waals surface area contributed by atoms with Crippen molar-refractivity contribution in [2.24, 2.45) is 0 Å². The minimum atomic E-state index is -1.87. The minimum Gasteiger partial charge on any atom is -0.501 e. The predicted molar refractivity (Wildman–Crippen MR) is 159 cm³/mol. The Kier molecular flexibility index (Phi) is 10.8. The highest BCUT2D eigenvalue weighted by molar-refractivity contribution is 6.74. The van der Waals surface area contributed by atoms with E-state index in [4.69, 9.17) is 13.9 Å². The van der Waals surface area contributed by atoms with Gasteiger partial charge in [0.1, 0.15) is 12.4 Å². The number of hydrogen-bond acceptors (Lipinski definition) is 8. The molecule has 226 valence electrons. The van der Waals surface area contributed by atoms with Gasteiger partial charge in [0.25, 0.3) is 5.56 Å². The number of amides is 1. The molecule has 1 amide bonds. The van der Waals surface area contributed by atoms with Gasteiger partial charge in [0.15, 0.2) is 14.0 Å². The summed E-state index contributed by atoms with van der Waals surface area (Å²) in [4.78, 5) is 46.8. The Balaban J connectivity index is 1.76. The third kappa shape index (κ3) is 8.19. The molecule has 1 fully saturated rings. The van der Waals surface area contributed by atoms with Gasteiger partial charge in [-0.2, -0.15) is 0 Å². The molecule has 0 saturated carbocycles. The second kappa shape index (κ2) is 13.7. The molecule has 1 aromatic heterocycles. The Hall–Kier alpha value is -3.18. The molecule has 10 nitrogen and oxygen atoms in total. The zero-order valence-electron chi connectivity index (χ0n) is 25.2. The van der Waals surface area contributed by atoms with E-state index in [1.807, 2.05) is 30.3 Å². The zero-order chi connectivity index (χ0) is 30.3. The molecule has 0 unspecified atom stereocenters. The third-order valence-corrected chi connectivity index (χ3v) is 12.9. The number of ether oxygens (including phenoxy) is 2. The Labute approximate surface area is 243 Å². The van der Waals surface area contributed by atoms with Crippen molar-refractivity contribution in [1.82, 2.24) is 14.9 Å². The summed E-state index contributed by atoms with van der Waals surface area (Å²) in [6.45, 7) is 14.4. The summed E-state index contributed by atoms with van der Waals surface area (Å²) in [6.07, 6.45) is 2.90. The van der Waals surface area contributed by atoms with Crippen LogP contribution in [0.5, 0.6) is 5.75 Å². The number of likely N-dealkylation sites (tertiary alicyclic amines) is 1. The Morgan fingerprint density at radius 2 is 1.76 bits per heavy atom. The first-order valence-electron chi connectivity index (χ1n) is 14.4. The van der Waals surface area contributed by atoms with Gasteiger partial charge in [-0.15, -0.1) is 0 Å². The van der Waals surface area contributed by atoms with Crippen LogP contribution >= 0.6 is 0 Å². The van der Waals surface area contributed by atoms with E-state index in [1.54, 1.807) is 11.8 Å². The number of hydrogen-bond donors (Lipinski definition) is 2. The van der Waals surface area contributed by atoms with Crippen LogP contribution in [0.15, 0.2) is 35.1 Å². The predicted octanol–water partition coefficient (Wildman–Crippen LogP) is 5.51. The molecule has 2 N–H and O–H groups in total. The second-order valence-corrected chi connectivity index (χ2v) is 17.0. The van der Waals surface area contributed by atoms with Gasteiger partial charge >= 0.3 is 12.1 Å². The fourth-order valence-electron chi connectivity index (χ4n) is 4.70. The molecule has 11 heteroatoms. The number of aromatic amines is 1. The summed E-state index contributed by atoms with van der Waals surface area (Å²) in [7, 11) is -1.87. The van der Waals surface area contributed by atoms with E-state index in [0.29, 0.717) is 44.8 Å². The molecule has 0 aliphatic carbocycles. The molecular formula is C30H45N3O7Si. The SMILES string of the molecule is CCOC(=O)c1nc(C2(CCCCO[Si](C)(C)C(C)(C)C)CCN(C(=O)OCc3ccccc3)CC2)[nH]c(=O)c1O. The molecule has 0 atom stereocenters. The minimum absolute atomic E-state index is 0.0848. The van der Waals surface area contributed by atoms with E-state index in [1.165, 1.54) is 0 Å². The van der Waals surface area contributed by atoms with Crippen molar-refractivity contribution in [3.05, 3.63) is 57.8 Å². The van der Waals surface area contributed by atoms with E-state index in [9.17, 15) is 19.5 Å². The average Bonchev–Trinajstić information content (AvgIpc) is 2.93. The largest absolute Gasteiger partial charge is 0.501 e. The average molecular weight is 588 g/mol. The van der Waals surface area contributed by atoms with Crippen LogP contribution in [0, 0.1) is 0 Å². The number of nitrogens with zero attached hydrogens (tertiary/aromatic N) is 2. The van der Waals surface area contributed by atoms with E-state index in [2.05, 4.69) is 43.8 Å². The summed E-state index contributed by atoms with van der Waals surface area (Å²) in [5.74, 6) is -1.28. The number of aromatic hydroxyl groups is 1. The second-order valence-electron chi connectivity index (χ2n) is 12.2. The van der Waals surface area contributed by atoms with Gasteiger partial charge < -0.3 is 28.9 Å². The van der Waals surface area contributed by atoms with E-state index in [-0.39, 0.29) is 18.3 Å². The van der Waals surface area contributed by atoms with Gasteiger partial charge in [-0.1, -0.05) is 57.5 Å². The molecule has 2 heterocycles. The van der Waals surface area contributed by atoms with Crippen LogP contribution in [0.2, 0.25) is 18.1 Å². The Morgan fingerprint density at radius 3 is 2.37 bits per heavy atom. The molecule has 3 rings (SSSR count). The van der Waals surface area contributed by atoms with Crippen molar-refractivity contribution in [2.45, 2.75) is 90.0 Å². The molecule has 1 aromatic carbocycles. The number of aromatic nitrogens is 2. The van der Waals surface area contributed by atoms with Gasteiger partial charge in [-0.25, -0.2) is 14.6 Å². The number of rotatable bonds is 11. The van der Waals surface area contributed by atoms with E-state index < -0.39 is 42.8 Å². The zero-order valence-corrected chi connectivity index (χ0v) is 26.2. The van der Waals surface area contributed by atoms with Crippen molar-refractivity contribution in [1.29, 1.82) is 0 Å². The number of piperidine rings is 1. The molecule has 0 radical (unpaired) electrons. The van der Waals surface area contributed by atoms with Crippen LogP contribution in [0.4, 0.5) is 4.79 Å². The molecule has 1 aliphatic rings. The molecule has 41 heavy (non-hydrogen) atoms. The normalized spacial score (nSPS) is 15.4. The maximum absolute atomic E-state index is 12.8. The number of H-pyrrole nitrogens is 1. The molecule has 2 aromatic rings. The quantitative estimate of drug-likeness (QED) is 0.200. The highest BCUT2D eigenvalue weighted by Crippen LogP contribution is 2.40. The molecular weight excluding hydrogens is 542 g/mol.